The number of carbonyl (C=O) groups excluding carboxylic acids is 1. The summed E-state index contributed by atoms with van der Waals surface area (Å²) in [4.78, 5) is 24.5. The zero-order valence-electron chi connectivity index (χ0n) is 11.6. The predicted molar refractivity (Wildman–Crippen MR) is 88.9 cm³/mol. The van der Waals surface area contributed by atoms with Crippen LogP contribution < -0.4 is 5.32 Å². The number of nitrogens with one attached hydrogen (secondary N) is 1. The van der Waals surface area contributed by atoms with Crippen LogP contribution in [0.15, 0.2) is 47.2 Å². The minimum Gasteiger partial charge on any atom is -0.478 e. The van der Waals surface area contributed by atoms with Crippen molar-refractivity contribution >= 4 is 39.6 Å². The van der Waals surface area contributed by atoms with Gasteiger partial charge < -0.3 is 10.4 Å². The van der Waals surface area contributed by atoms with Gasteiger partial charge in [-0.15, -0.1) is 22.7 Å². The van der Waals surface area contributed by atoms with Gasteiger partial charge in [0, 0.05) is 15.8 Å². The molecule has 1 amide bonds. The zero-order valence-corrected chi connectivity index (χ0v) is 13.2. The van der Waals surface area contributed by atoms with Crippen molar-refractivity contribution in [3.05, 3.63) is 64.1 Å². The lowest BCUT2D eigenvalue weighted by Crippen LogP contribution is -2.15. The van der Waals surface area contributed by atoms with Crippen molar-refractivity contribution in [3.8, 4) is 10.4 Å². The van der Waals surface area contributed by atoms with Crippen LogP contribution in [0, 0.1) is 5.82 Å². The number of hydrogen-bond donors (Lipinski definition) is 2. The summed E-state index contributed by atoms with van der Waals surface area (Å²) in [5, 5.41) is 15.7. The van der Waals surface area contributed by atoms with Crippen LogP contribution in [0.2, 0.25) is 0 Å². The Morgan fingerprint density at radius 2 is 1.87 bits per heavy atom. The fourth-order valence-corrected chi connectivity index (χ4v) is 3.86. The SMILES string of the molecule is O=C(Nc1scc(-c2cccs2)c1C(=O)O)c1ccccc1F. The summed E-state index contributed by atoms with van der Waals surface area (Å²) in [5.41, 5.74) is 0.429. The van der Waals surface area contributed by atoms with Gasteiger partial charge in [-0.3, -0.25) is 4.79 Å². The molecule has 3 rings (SSSR count). The van der Waals surface area contributed by atoms with Crippen molar-refractivity contribution < 1.29 is 19.1 Å². The molecule has 2 heterocycles. The van der Waals surface area contributed by atoms with E-state index in [-0.39, 0.29) is 16.1 Å². The van der Waals surface area contributed by atoms with Crippen molar-refractivity contribution in [2.45, 2.75) is 0 Å². The Labute approximate surface area is 138 Å². The maximum absolute atomic E-state index is 13.7. The molecule has 116 valence electrons. The molecule has 0 spiro atoms. The molecule has 0 saturated carbocycles. The summed E-state index contributed by atoms with van der Waals surface area (Å²) in [5.74, 6) is -2.47. The summed E-state index contributed by atoms with van der Waals surface area (Å²) in [6.45, 7) is 0. The van der Waals surface area contributed by atoms with E-state index in [1.807, 2.05) is 17.5 Å². The highest BCUT2D eigenvalue weighted by molar-refractivity contribution is 7.17. The number of halogens is 1. The molecule has 4 nitrogen and oxygen atoms in total. The molecule has 0 aliphatic rings. The number of carboxylic acid groups (broad SMARTS) is 1. The average Bonchev–Trinajstić information content (AvgIpc) is 3.16. The molecule has 0 saturated heterocycles. The first-order valence-corrected chi connectivity index (χ1v) is 8.28. The Kier molecular flexibility index (Phi) is 4.22. The van der Waals surface area contributed by atoms with E-state index in [0.717, 1.165) is 16.2 Å². The fraction of sp³-hybridized carbons (Fsp3) is 0. The lowest BCUT2D eigenvalue weighted by atomic mass is 10.1. The topological polar surface area (TPSA) is 66.4 Å². The third-order valence-corrected chi connectivity index (χ3v) is 4.94. The Balaban J connectivity index is 1.97. The molecule has 0 unspecified atom stereocenters. The third-order valence-electron chi connectivity index (χ3n) is 3.14. The largest absolute Gasteiger partial charge is 0.478 e. The highest BCUT2D eigenvalue weighted by atomic mass is 32.1. The second-order valence-corrected chi connectivity index (χ2v) is 6.40. The zero-order chi connectivity index (χ0) is 16.4. The summed E-state index contributed by atoms with van der Waals surface area (Å²) >= 11 is 2.51. The maximum atomic E-state index is 13.7. The van der Waals surface area contributed by atoms with Gasteiger partial charge in [0.05, 0.1) is 5.56 Å². The van der Waals surface area contributed by atoms with E-state index in [0.29, 0.717) is 5.56 Å². The molecule has 2 N–H and O–H groups in total. The van der Waals surface area contributed by atoms with Crippen molar-refractivity contribution in [2.75, 3.05) is 5.32 Å². The van der Waals surface area contributed by atoms with Crippen molar-refractivity contribution in [2.24, 2.45) is 0 Å². The minimum atomic E-state index is -1.14. The Morgan fingerprint density at radius 3 is 2.52 bits per heavy atom. The van der Waals surface area contributed by atoms with Crippen LogP contribution >= 0.6 is 22.7 Å². The molecule has 2 aromatic heterocycles. The van der Waals surface area contributed by atoms with Gasteiger partial charge in [0.15, 0.2) is 0 Å². The molecule has 0 bridgehead atoms. The Morgan fingerprint density at radius 1 is 1.09 bits per heavy atom. The van der Waals surface area contributed by atoms with E-state index < -0.39 is 17.7 Å². The van der Waals surface area contributed by atoms with E-state index in [1.54, 1.807) is 11.4 Å². The molecule has 0 aliphatic heterocycles. The van der Waals surface area contributed by atoms with Crippen LogP contribution in [-0.4, -0.2) is 17.0 Å². The van der Waals surface area contributed by atoms with Gasteiger partial charge in [0.25, 0.3) is 5.91 Å². The minimum absolute atomic E-state index is 0.0159. The number of aromatic carboxylic acids is 1. The van der Waals surface area contributed by atoms with Crippen LogP contribution in [0.5, 0.6) is 0 Å². The van der Waals surface area contributed by atoms with Crippen LogP contribution in [0.1, 0.15) is 20.7 Å². The number of carbonyl (C=O) groups is 2. The van der Waals surface area contributed by atoms with Gasteiger partial charge in [0.1, 0.15) is 16.4 Å². The van der Waals surface area contributed by atoms with E-state index in [1.165, 1.54) is 29.5 Å². The van der Waals surface area contributed by atoms with Crippen LogP contribution in [0.4, 0.5) is 9.39 Å². The molecule has 0 radical (unpaired) electrons. The first kappa shape index (κ1) is 15.4. The second kappa shape index (κ2) is 6.31. The van der Waals surface area contributed by atoms with Crippen molar-refractivity contribution in [1.82, 2.24) is 0 Å². The summed E-state index contributed by atoms with van der Waals surface area (Å²) in [7, 11) is 0. The average molecular weight is 347 g/mol. The van der Waals surface area contributed by atoms with Crippen LogP contribution in [0.25, 0.3) is 10.4 Å². The Bertz CT molecular complexity index is 871. The molecule has 0 atom stereocenters. The maximum Gasteiger partial charge on any atom is 0.339 e. The quantitative estimate of drug-likeness (QED) is 0.727. The number of amides is 1. The molecule has 1 aromatic carbocycles. The number of anilines is 1. The van der Waals surface area contributed by atoms with E-state index in [4.69, 9.17) is 0 Å². The molecular formula is C16H10FNO3S2. The fourth-order valence-electron chi connectivity index (χ4n) is 2.09. The van der Waals surface area contributed by atoms with Crippen LogP contribution in [0.3, 0.4) is 0 Å². The van der Waals surface area contributed by atoms with Gasteiger partial charge >= 0.3 is 5.97 Å². The lowest BCUT2D eigenvalue weighted by Gasteiger charge is -2.06. The summed E-state index contributed by atoms with van der Waals surface area (Å²) in [6.07, 6.45) is 0. The molecule has 23 heavy (non-hydrogen) atoms. The molecular weight excluding hydrogens is 337 g/mol. The van der Waals surface area contributed by atoms with Gasteiger partial charge in [-0.2, -0.15) is 0 Å². The predicted octanol–water partition coefficient (Wildman–Crippen LogP) is 4.57. The normalized spacial score (nSPS) is 10.5. The summed E-state index contributed by atoms with van der Waals surface area (Å²) < 4.78 is 13.7. The number of carboxylic acids is 1. The van der Waals surface area contributed by atoms with Crippen molar-refractivity contribution in [3.63, 3.8) is 0 Å². The first-order chi connectivity index (χ1) is 11.1. The molecule has 0 aliphatic carbocycles. The van der Waals surface area contributed by atoms with Crippen LogP contribution in [-0.2, 0) is 0 Å². The molecule has 0 fully saturated rings. The smallest absolute Gasteiger partial charge is 0.339 e. The number of thiophene rings is 2. The van der Waals surface area contributed by atoms with Gasteiger partial charge in [-0.05, 0) is 23.6 Å². The second-order valence-electron chi connectivity index (χ2n) is 4.57. The first-order valence-electron chi connectivity index (χ1n) is 6.52. The number of rotatable bonds is 4. The van der Waals surface area contributed by atoms with Gasteiger partial charge in [0.2, 0.25) is 0 Å². The third kappa shape index (κ3) is 3.01. The monoisotopic (exact) mass is 347 g/mol. The van der Waals surface area contributed by atoms with Gasteiger partial charge in [-0.25, -0.2) is 9.18 Å². The highest BCUT2D eigenvalue weighted by Gasteiger charge is 2.22. The lowest BCUT2D eigenvalue weighted by molar-refractivity contribution is 0.0699. The van der Waals surface area contributed by atoms with Crippen molar-refractivity contribution in [1.29, 1.82) is 0 Å². The number of benzene rings is 1. The Hall–Kier alpha value is -2.51. The standard InChI is InChI=1S/C16H10FNO3S2/c17-11-5-2-1-4-9(11)14(19)18-15-13(16(20)21)10(8-23-15)12-6-3-7-22-12/h1-8H,(H,18,19)(H,20,21). The highest BCUT2D eigenvalue weighted by Crippen LogP contribution is 2.37. The van der Waals surface area contributed by atoms with E-state index in [2.05, 4.69) is 5.32 Å². The molecule has 7 heteroatoms. The summed E-state index contributed by atoms with van der Waals surface area (Å²) in [6, 6.07) is 9.18. The van der Waals surface area contributed by atoms with Gasteiger partial charge in [-0.1, -0.05) is 18.2 Å². The molecule has 3 aromatic rings. The van der Waals surface area contributed by atoms with E-state index in [9.17, 15) is 19.1 Å². The number of hydrogen-bond acceptors (Lipinski definition) is 4. The van der Waals surface area contributed by atoms with E-state index >= 15 is 0 Å².